The second kappa shape index (κ2) is 7.14. The summed E-state index contributed by atoms with van der Waals surface area (Å²) in [5.41, 5.74) is 2.42. The minimum Gasteiger partial charge on any atom is -0.481 e. The molecular weight excluding hydrogens is 358 g/mol. The maximum absolute atomic E-state index is 12.2. The number of carboxylic acid groups (broad SMARTS) is 1. The van der Waals surface area contributed by atoms with Gasteiger partial charge in [-0.05, 0) is 30.2 Å². The van der Waals surface area contributed by atoms with Crippen molar-refractivity contribution in [3.63, 3.8) is 0 Å². The zero-order chi connectivity index (χ0) is 19.9. The average molecular weight is 383 g/mol. The number of rotatable bonds is 5. The molecule has 1 aromatic heterocycles. The van der Waals surface area contributed by atoms with Crippen LogP contribution in [0.2, 0.25) is 0 Å². The molecule has 1 N–H and O–H groups in total. The van der Waals surface area contributed by atoms with Crippen molar-refractivity contribution in [3.8, 4) is 0 Å². The highest BCUT2D eigenvalue weighted by Gasteiger charge is 2.58. The fourth-order valence-electron chi connectivity index (χ4n) is 4.75. The molecule has 28 heavy (non-hydrogen) atoms. The molecule has 0 spiro atoms. The van der Waals surface area contributed by atoms with Gasteiger partial charge in [0.1, 0.15) is 12.0 Å². The van der Waals surface area contributed by atoms with Gasteiger partial charge in [-0.2, -0.15) is 0 Å². The third-order valence-corrected chi connectivity index (χ3v) is 6.24. The van der Waals surface area contributed by atoms with E-state index < -0.39 is 11.4 Å². The maximum atomic E-state index is 12.2. The summed E-state index contributed by atoms with van der Waals surface area (Å²) in [4.78, 5) is 32.7. The van der Waals surface area contributed by atoms with Gasteiger partial charge in [-0.25, -0.2) is 0 Å². The van der Waals surface area contributed by atoms with Crippen LogP contribution >= 0.6 is 0 Å². The van der Waals surface area contributed by atoms with E-state index in [1.54, 1.807) is 11.1 Å². The Bertz CT molecular complexity index is 931. The number of hydrogen-bond donors (Lipinski definition) is 1. The van der Waals surface area contributed by atoms with Gasteiger partial charge in [-0.1, -0.05) is 12.1 Å². The monoisotopic (exact) mass is 383 g/mol. The number of carbonyl (C=O) groups excluding carboxylic acids is 1. The second-order valence-electron chi connectivity index (χ2n) is 7.97. The Labute approximate surface area is 163 Å². The van der Waals surface area contributed by atoms with E-state index in [1.165, 1.54) is 18.2 Å². The van der Waals surface area contributed by atoms with Crippen LogP contribution in [-0.2, 0) is 20.9 Å². The first-order chi connectivity index (χ1) is 13.4. The summed E-state index contributed by atoms with van der Waals surface area (Å²) in [7, 11) is 1.48. The summed E-state index contributed by atoms with van der Waals surface area (Å²) in [6.07, 6.45) is 1.78. The summed E-state index contributed by atoms with van der Waals surface area (Å²) in [5, 5.41) is 11.1. The molecule has 4 rings (SSSR count). The third-order valence-electron chi connectivity index (χ3n) is 6.24. The smallest absolute Gasteiger partial charge is 0.313 e. The van der Waals surface area contributed by atoms with Crippen molar-refractivity contribution in [2.24, 2.45) is 11.3 Å². The number of pyridine rings is 1. The van der Waals surface area contributed by atoms with Crippen LogP contribution in [0.25, 0.3) is 10.9 Å². The zero-order valence-corrected chi connectivity index (χ0v) is 16.2. The van der Waals surface area contributed by atoms with E-state index >= 15 is 0 Å². The number of amides is 1. The van der Waals surface area contributed by atoms with E-state index in [2.05, 4.69) is 28.9 Å². The molecule has 2 aromatic rings. The van der Waals surface area contributed by atoms with Crippen LogP contribution in [0.4, 0.5) is 0 Å². The molecule has 0 bridgehead atoms. The van der Waals surface area contributed by atoms with Gasteiger partial charge in [0.05, 0.1) is 5.52 Å². The number of hydrogen-bond acceptors (Lipinski definition) is 5. The van der Waals surface area contributed by atoms with Crippen LogP contribution in [0.1, 0.15) is 11.1 Å². The van der Waals surface area contributed by atoms with Crippen LogP contribution in [-0.4, -0.2) is 71.7 Å². The Kier molecular flexibility index (Phi) is 4.81. The quantitative estimate of drug-likeness (QED) is 0.843. The highest BCUT2D eigenvalue weighted by molar-refractivity contribution is 5.84. The van der Waals surface area contributed by atoms with Crippen LogP contribution in [0.3, 0.4) is 0 Å². The number of methoxy groups -OCH3 is 1. The van der Waals surface area contributed by atoms with Gasteiger partial charge in [0.2, 0.25) is 5.91 Å². The first-order valence-corrected chi connectivity index (χ1v) is 9.50. The number of aromatic nitrogens is 1. The third kappa shape index (κ3) is 3.04. The highest BCUT2D eigenvalue weighted by atomic mass is 16.5. The van der Waals surface area contributed by atoms with Crippen LogP contribution in [0.15, 0.2) is 30.5 Å². The van der Waals surface area contributed by atoms with Gasteiger partial charge >= 0.3 is 5.97 Å². The summed E-state index contributed by atoms with van der Waals surface area (Å²) < 4.78 is 4.93. The van der Waals surface area contributed by atoms with Crippen LogP contribution < -0.4 is 0 Å². The normalized spacial score (nSPS) is 24.6. The number of fused-ring (bicyclic) bond motifs is 2. The topological polar surface area (TPSA) is 83.0 Å². The molecular formula is C21H25N3O4. The van der Waals surface area contributed by atoms with Crippen molar-refractivity contribution in [3.05, 3.63) is 41.6 Å². The minimum atomic E-state index is -0.903. The maximum Gasteiger partial charge on any atom is 0.313 e. The van der Waals surface area contributed by atoms with Crippen LogP contribution in [0, 0.1) is 18.3 Å². The van der Waals surface area contributed by atoms with E-state index in [-0.39, 0.29) is 25.0 Å². The molecule has 1 aromatic carbocycles. The molecule has 0 radical (unpaired) electrons. The molecule has 2 aliphatic rings. The summed E-state index contributed by atoms with van der Waals surface area (Å²) in [6, 6.07) is 8.09. The van der Waals surface area contributed by atoms with Crippen molar-refractivity contribution in [2.75, 3.05) is 39.9 Å². The van der Waals surface area contributed by atoms with Crippen molar-refractivity contribution < 1.29 is 19.4 Å². The number of nitrogens with zero attached hydrogens (tertiary/aromatic N) is 3. The number of likely N-dealkylation sites (tertiary alicyclic amines) is 2. The lowest BCUT2D eigenvalue weighted by Gasteiger charge is -2.26. The van der Waals surface area contributed by atoms with E-state index in [0.717, 1.165) is 10.9 Å². The van der Waals surface area contributed by atoms with E-state index in [4.69, 9.17) is 4.74 Å². The van der Waals surface area contributed by atoms with Crippen molar-refractivity contribution in [1.82, 2.24) is 14.8 Å². The number of carboxylic acids is 1. The summed E-state index contributed by atoms with van der Waals surface area (Å²) in [5.74, 6) is -1.02. The molecule has 7 nitrogen and oxygen atoms in total. The number of benzene rings is 1. The van der Waals surface area contributed by atoms with Crippen LogP contribution in [0.5, 0.6) is 0 Å². The molecule has 148 valence electrons. The molecule has 3 heterocycles. The Morgan fingerprint density at radius 2 is 2.11 bits per heavy atom. The molecule has 2 aliphatic heterocycles. The standard InChI is InChI=1S/C21H25N3O4/c1-14-5-6-18-16(4-3-7-22-18)17(14)10-23-8-15-9-24(19(25)11-28-2)13-21(15,12-23)20(26)27/h3-7,15H,8-13H2,1-2H3,(H,26,27)/t15-,21-/m0/s1. The van der Waals surface area contributed by atoms with Crippen molar-refractivity contribution in [2.45, 2.75) is 13.5 Å². The molecule has 7 heteroatoms. The SMILES string of the molecule is COCC(=O)N1C[C@@H]2CN(Cc3c(C)ccc4ncccc34)C[C@]2(C(=O)O)C1. The highest BCUT2D eigenvalue weighted by Crippen LogP contribution is 2.43. The fourth-order valence-corrected chi connectivity index (χ4v) is 4.75. The first-order valence-electron chi connectivity index (χ1n) is 9.50. The molecule has 0 saturated carbocycles. The number of ether oxygens (including phenoxy) is 1. The molecule has 2 fully saturated rings. The van der Waals surface area contributed by atoms with Crippen molar-refractivity contribution in [1.29, 1.82) is 0 Å². The summed E-state index contributed by atoms with van der Waals surface area (Å²) in [6.45, 7) is 4.60. The summed E-state index contributed by atoms with van der Waals surface area (Å²) >= 11 is 0. The second-order valence-corrected chi connectivity index (χ2v) is 7.97. The lowest BCUT2D eigenvalue weighted by atomic mass is 9.81. The Morgan fingerprint density at radius 3 is 2.82 bits per heavy atom. The Hall–Kier alpha value is -2.51. The molecule has 2 saturated heterocycles. The van der Waals surface area contributed by atoms with Gasteiger partial charge < -0.3 is 14.7 Å². The molecule has 1 amide bonds. The minimum absolute atomic E-state index is 0.00562. The lowest BCUT2D eigenvalue weighted by molar-refractivity contribution is -0.149. The predicted molar refractivity (Wildman–Crippen MR) is 104 cm³/mol. The van der Waals surface area contributed by atoms with Gasteiger partial charge in [-0.15, -0.1) is 0 Å². The molecule has 0 unspecified atom stereocenters. The van der Waals surface area contributed by atoms with Gasteiger partial charge in [0.25, 0.3) is 0 Å². The predicted octanol–water partition coefficient (Wildman–Crippen LogP) is 1.53. The zero-order valence-electron chi connectivity index (χ0n) is 16.2. The Morgan fingerprint density at radius 1 is 1.29 bits per heavy atom. The lowest BCUT2D eigenvalue weighted by Crippen LogP contribution is -2.42. The van der Waals surface area contributed by atoms with Crippen molar-refractivity contribution >= 4 is 22.8 Å². The molecule has 0 aliphatic carbocycles. The number of aryl methyl sites for hydroxylation is 1. The average Bonchev–Trinajstić information content (AvgIpc) is 3.19. The first kappa shape index (κ1) is 18.8. The van der Waals surface area contributed by atoms with Gasteiger partial charge in [0.15, 0.2) is 0 Å². The number of carbonyl (C=O) groups is 2. The fraction of sp³-hybridized carbons (Fsp3) is 0.476. The van der Waals surface area contributed by atoms with Gasteiger partial charge in [-0.3, -0.25) is 19.5 Å². The van der Waals surface area contributed by atoms with E-state index in [1.807, 2.05) is 12.1 Å². The van der Waals surface area contributed by atoms with E-state index in [9.17, 15) is 14.7 Å². The van der Waals surface area contributed by atoms with E-state index in [0.29, 0.717) is 26.2 Å². The largest absolute Gasteiger partial charge is 0.481 e. The number of aliphatic carboxylic acids is 1. The Balaban J connectivity index is 1.57. The molecule has 2 atom stereocenters. The van der Waals surface area contributed by atoms with Gasteiger partial charge in [0, 0.05) is 57.3 Å².